The molecule has 1 unspecified atom stereocenters. The lowest BCUT2D eigenvalue weighted by Gasteiger charge is -2.30. The van der Waals surface area contributed by atoms with E-state index in [0.717, 1.165) is 52.0 Å². The molecule has 690 valence electrons. The lowest BCUT2D eigenvalue weighted by Crippen LogP contribution is -2.62. The monoisotopic (exact) mass is 1780 g/mol. The number of carbonyl (C=O) groups is 21. The number of H-pyrrole nitrogens is 1. The molecular formula is C82H109N17O28. The second-order valence-corrected chi connectivity index (χ2v) is 30.9. The van der Waals surface area contributed by atoms with Crippen molar-refractivity contribution in [2.24, 2.45) is 11.7 Å². The van der Waals surface area contributed by atoms with Gasteiger partial charge in [-0.25, -0.2) is 9.59 Å². The number of nitrogens with one attached hydrogen (secondary N) is 15. The molecule has 2 heterocycles. The van der Waals surface area contributed by atoms with Gasteiger partial charge in [-0.05, 0) is 114 Å². The Hall–Kier alpha value is -14.4. The minimum atomic E-state index is -2.51. The van der Waals surface area contributed by atoms with Crippen LogP contribution in [-0.4, -0.2) is 259 Å². The summed E-state index contributed by atoms with van der Waals surface area (Å²) in [5.41, 5.74) is 13.5. The van der Waals surface area contributed by atoms with E-state index in [1.807, 2.05) is 40.2 Å². The maximum absolute atomic E-state index is 15.0. The number of esters is 1. The van der Waals surface area contributed by atoms with E-state index in [0.29, 0.717) is 27.6 Å². The third kappa shape index (κ3) is 35.0. The number of rotatable bonds is 34. The number of benzene rings is 3. The number of allylic oxidation sites excluding steroid dienone is 1. The number of nitrogen functional groups attached to an aromatic ring is 1. The fourth-order valence-corrected chi connectivity index (χ4v) is 12.7. The van der Waals surface area contributed by atoms with Gasteiger partial charge in [0.1, 0.15) is 78.2 Å². The van der Waals surface area contributed by atoms with Gasteiger partial charge in [-0.2, -0.15) is 0 Å². The number of Topliss-reactive ketones (excluding diaryl/α,β-unsaturated/α-hetero) is 1. The average molecular weight is 1780 g/mol. The highest BCUT2D eigenvalue weighted by Gasteiger charge is 2.41. The van der Waals surface area contributed by atoms with Crippen LogP contribution in [0.5, 0.6) is 0 Å². The number of aromatic amines is 1. The molecule has 1 aliphatic rings. The maximum atomic E-state index is 15.0. The number of aryl methyl sites for hydroxylation is 1. The molecule has 127 heavy (non-hydrogen) atoms. The van der Waals surface area contributed by atoms with Crippen molar-refractivity contribution in [1.29, 1.82) is 0 Å². The number of ether oxygens (including phenoxy) is 2. The van der Waals surface area contributed by atoms with Crippen molar-refractivity contribution < 1.29 is 136 Å². The molecule has 45 nitrogen and oxygen atoms in total. The summed E-state index contributed by atoms with van der Waals surface area (Å²) in [6.07, 6.45) is -4.92. The number of carboxylic acid groups (broad SMARTS) is 4. The van der Waals surface area contributed by atoms with E-state index in [1.165, 1.54) is 51.1 Å². The SMILES string of the molecule is CCCCCc1ccc(C(C)=CC(=O)N[C@@H](Cc2c[nH]c3ccccc23)C(=O)N[C@H](CC(N)=O)C(=O)N[C@@H](CC(=O)O)C(=O)N[C@@H]2C(=O)NCC(=O)N[C@@H](CCCNC(=O)OC(C)(C)C)C(=O)N[C@@H](CC(=O)O)C(=O)N[C@H](C)C(=O)N[C@@H](CC(=O)O)C(=O)NCC(=O)N[C@H](CO)C(=O)NC([C@H](C)CC(=O)O)C(=O)N[C@@H](CC(=O)c3ccccc3N)C(=O)O[C@@H]2C)cc1. The molecule has 15 amide bonds. The van der Waals surface area contributed by atoms with E-state index in [-0.39, 0.29) is 30.6 Å². The van der Waals surface area contributed by atoms with Crippen LogP contribution in [0.2, 0.25) is 0 Å². The Morgan fingerprint density at radius 2 is 1.15 bits per heavy atom. The molecule has 24 N–H and O–H groups in total. The lowest BCUT2D eigenvalue weighted by molar-refractivity contribution is -0.156. The number of aliphatic carboxylic acids is 4. The van der Waals surface area contributed by atoms with Gasteiger partial charge in [0.25, 0.3) is 0 Å². The molecular weight excluding hydrogens is 1670 g/mol. The summed E-state index contributed by atoms with van der Waals surface area (Å²) in [7, 11) is 0. The molecule has 0 saturated carbocycles. The number of cyclic esters (lactones) is 1. The molecule has 1 aromatic heterocycles. The fraction of sp³-hybridized carbons (Fsp3) is 0.476. The smallest absolute Gasteiger partial charge is 0.407 e. The summed E-state index contributed by atoms with van der Waals surface area (Å²) in [6.45, 7) is 7.07. The fourth-order valence-electron chi connectivity index (χ4n) is 12.7. The number of para-hydroxylation sites is 2. The zero-order valence-corrected chi connectivity index (χ0v) is 70.9. The summed E-state index contributed by atoms with van der Waals surface area (Å²) in [6, 6.07) is -3.89. The zero-order chi connectivity index (χ0) is 94.7. The number of amides is 15. The van der Waals surface area contributed by atoms with E-state index in [2.05, 4.69) is 70.4 Å². The van der Waals surface area contributed by atoms with Crippen LogP contribution < -0.4 is 85.9 Å². The quantitative estimate of drug-likeness (QED) is 0.00714. The standard InChI is InChI=1S/C82H109N17O28/c1-9-10-11-17-44-23-25-45(26-24-44)40(2)28-61(103)91-52(30-46-36-86-50-21-15-13-18-47(46)50)74(118)94-53(32-60(84)102)75(119)96-56(35-67(112)113)76(120)99-69-43(5)126-80(124)57(31-59(101)48-19-12-14-20-49(48)83)97-79(123)68(41(3)29-64(106)107)98-77(121)58(39-100)92-63(105)37-87-71(115)54(33-65(108)109)93-70(114)42(4)89-73(117)55(34-66(110)111)95-72(116)51(90-62(104)38-88-78(69)122)22-16-27-85-81(125)127-82(6,7)8/h12-15,18-21,23-26,28,36,41-43,51-58,68-69,86,100H,9-11,16-17,22,27,29-35,37-39,83H2,1-8H3,(H2,84,102)(H,85,125)(H,87,115)(H,88,122)(H,89,117)(H,90,104)(H,91,103)(H,92,105)(H,93,114)(H,94,118)(H,95,116)(H,96,119)(H,97,123)(H,98,121)(H,99,120)(H,106,107)(H,108,109)(H,110,111)(H,112,113)/t41-,42-,43-,51+,52+,53-,54+,55+,56+,57+,58-,68?,69+/m1/s1. The molecule has 0 bridgehead atoms. The second-order valence-electron chi connectivity index (χ2n) is 30.9. The Morgan fingerprint density at radius 3 is 1.75 bits per heavy atom. The second kappa shape index (κ2) is 49.8. The molecule has 3 aromatic carbocycles. The van der Waals surface area contributed by atoms with Crippen LogP contribution in [0.4, 0.5) is 10.5 Å². The highest BCUT2D eigenvalue weighted by molar-refractivity contribution is 6.06. The molecule has 4 aromatic rings. The number of carboxylic acids is 4. The van der Waals surface area contributed by atoms with Crippen molar-refractivity contribution in [2.45, 2.75) is 217 Å². The van der Waals surface area contributed by atoms with Gasteiger partial charge in [0.2, 0.25) is 82.7 Å². The minimum Gasteiger partial charge on any atom is -0.481 e. The molecule has 5 rings (SSSR count). The van der Waals surface area contributed by atoms with Crippen molar-refractivity contribution in [3.05, 3.63) is 107 Å². The van der Waals surface area contributed by atoms with Crippen molar-refractivity contribution in [3.63, 3.8) is 0 Å². The Bertz CT molecular complexity index is 4760. The highest BCUT2D eigenvalue weighted by atomic mass is 16.6. The molecule has 1 fully saturated rings. The number of ketones is 1. The van der Waals surface area contributed by atoms with Crippen LogP contribution in [-0.2, 0) is 113 Å². The Labute approximate surface area is 726 Å². The minimum absolute atomic E-state index is 0.211. The summed E-state index contributed by atoms with van der Waals surface area (Å²) in [4.78, 5) is 292. The third-order valence-electron chi connectivity index (χ3n) is 19.3. The first-order valence-electron chi connectivity index (χ1n) is 40.3. The van der Waals surface area contributed by atoms with Gasteiger partial charge in [0.05, 0.1) is 51.8 Å². The number of aliphatic hydroxyl groups is 1. The Kier molecular flexibility index (Phi) is 40.4. The van der Waals surface area contributed by atoms with E-state index < -0.39 is 273 Å². The van der Waals surface area contributed by atoms with Gasteiger partial charge in [-0.3, -0.25) is 91.1 Å². The number of carbonyl (C=O) groups excluding carboxylic acids is 17. The number of alkyl carbamates (subject to hydrolysis) is 1. The van der Waals surface area contributed by atoms with E-state index >= 15 is 0 Å². The van der Waals surface area contributed by atoms with Crippen molar-refractivity contribution in [3.8, 4) is 0 Å². The number of nitrogens with two attached hydrogens (primary N) is 2. The molecule has 45 heteroatoms. The molecule has 1 saturated heterocycles. The van der Waals surface area contributed by atoms with Gasteiger partial charge in [-0.15, -0.1) is 0 Å². The van der Waals surface area contributed by atoms with Crippen molar-refractivity contribution in [2.75, 3.05) is 32.0 Å². The first-order chi connectivity index (χ1) is 59.8. The number of fused-ring (bicyclic) bond motifs is 1. The number of aliphatic hydroxyl groups excluding tert-OH is 1. The van der Waals surface area contributed by atoms with Gasteiger partial charge in [0, 0.05) is 53.8 Å². The normalized spacial score (nSPS) is 20.5. The zero-order valence-electron chi connectivity index (χ0n) is 70.9. The molecule has 0 radical (unpaired) electrons. The van der Waals surface area contributed by atoms with Gasteiger partial charge in [-0.1, -0.05) is 81.3 Å². The number of unbranched alkanes of at least 4 members (excludes halogenated alkanes) is 2. The van der Waals surface area contributed by atoms with Crippen molar-refractivity contribution >= 4 is 147 Å². The van der Waals surface area contributed by atoms with Crippen LogP contribution in [0.15, 0.2) is 85.1 Å². The Morgan fingerprint density at radius 1 is 0.591 bits per heavy atom. The maximum Gasteiger partial charge on any atom is 0.407 e. The van der Waals surface area contributed by atoms with Crippen LogP contribution in [0.1, 0.15) is 153 Å². The number of primary amides is 1. The predicted octanol–water partition coefficient (Wildman–Crippen LogP) is -3.36. The summed E-state index contributed by atoms with van der Waals surface area (Å²) < 4.78 is 11.0. The van der Waals surface area contributed by atoms with Crippen LogP contribution in [0.3, 0.4) is 0 Å². The largest absolute Gasteiger partial charge is 0.481 e. The number of hydrogen-bond acceptors (Lipinski definition) is 25. The van der Waals surface area contributed by atoms with Crippen LogP contribution in [0, 0.1) is 5.92 Å². The van der Waals surface area contributed by atoms with Gasteiger partial charge >= 0.3 is 35.9 Å². The number of anilines is 1. The Balaban J connectivity index is 1.64. The number of hydrogen-bond donors (Lipinski definition) is 22. The lowest BCUT2D eigenvalue weighted by atomic mass is 9.96. The first-order valence-corrected chi connectivity index (χ1v) is 40.3. The summed E-state index contributed by atoms with van der Waals surface area (Å²) in [5, 5.41) is 81.4. The van der Waals surface area contributed by atoms with Gasteiger partial charge < -0.3 is 126 Å². The average Bonchev–Trinajstić information content (AvgIpc) is 1.71. The van der Waals surface area contributed by atoms with E-state index in [4.69, 9.17) is 20.9 Å². The van der Waals surface area contributed by atoms with E-state index in [9.17, 15) is 126 Å². The molecule has 1 aliphatic heterocycles. The third-order valence-corrected chi connectivity index (χ3v) is 19.3. The molecule has 13 atom stereocenters. The van der Waals surface area contributed by atoms with Crippen LogP contribution >= 0.6 is 0 Å². The highest BCUT2D eigenvalue weighted by Crippen LogP contribution is 2.23. The van der Waals surface area contributed by atoms with Gasteiger partial charge in [0.15, 0.2) is 5.78 Å². The summed E-state index contributed by atoms with van der Waals surface area (Å²) in [5.74, 6) is -30.7. The molecule has 0 spiro atoms. The summed E-state index contributed by atoms with van der Waals surface area (Å²) >= 11 is 0. The topological polar surface area (TPSA) is 714 Å². The first kappa shape index (κ1) is 103. The molecule has 0 aliphatic carbocycles. The van der Waals surface area contributed by atoms with Crippen LogP contribution in [0.25, 0.3) is 16.5 Å². The number of aromatic nitrogens is 1. The van der Waals surface area contributed by atoms with Crippen molar-refractivity contribution in [1.82, 2.24) is 79.4 Å². The predicted molar refractivity (Wildman–Crippen MR) is 446 cm³/mol. The van der Waals surface area contributed by atoms with E-state index in [1.54, 1.807) is 37.4 Å².